The Bertz CT molecular complexity index is 2160. The maximum atomic E-state index is 14.2. The minimum atomic E-state index is -0.813. The Labute approximate surface area is 293 Å². The molecule has 0 spiro atoms. The zero-order chi connectivity index (χ0) is 33.1. The molecule has 0 fully saturated rings. The number of fused-ring (bicyclic) bond motifs is 1. The first-order chi connectivity index (χ1) is 22.8. The van der Waals surface area contributed by atoms with Gasteiger partial charge in [0.25, 0.3) is 5.56 Å². The topological polar surface area (TPSA) is 79.1 Å². The average Bonchev–Trinajstić information content (AvgIpc) is 3.38. The molecule has 0 amide bonds. The molecule has 0 N–H and O–H groups in total. The minimum absolute atomic E-state index is 0.160. The number of carbonyl (C=O) groups is 1. The van der Waals surface area contributed by atoms with E-state index in [0.717, 1.165) is 15.6 Å². The SMILES string of the molecule is CCOC(=O)C1=C(c2ccccc2)N=c2s/c(=C\c3cc(Cl)c(OCc4ccc(Br)cc4)c(OC)c3)c(=O)n2[C@H]1c1ccc(Cl)cc1. The fourth-order valence-corrected chi connectivity index (χ4v) is 6.92. The zero-order valence-electron chi connectivity index (χ0n) is 25.2. The van der Waals surface area contributed by atoms with E-state index in [-0.39, 0.29) is 17.7 Å². The van der Waals surface area contributed by atoms with Crippen LogP contribution in [0.1, 0.15) is 35.2 Å². The molecule has 11 heteroatoms. The molecule has 2 heterocycles. The molecule has 0 bridgehead atoms. The van der Waals surface area contributed by atoms with Crippen molar-refractivity contribution in [3.05, 3.63) is 153 Å². The maximum Gasteiger partial charge on any atom is 0.338 e. The number of aromatic nitrogens is 1. The molecule has 5 aromatic rings. The number of rotatable bonds is 9. The predicted molar refractivity (Wildman–Crippen MR) is 189 cm³/mol. The van der Waals surface area contributed by atoms with Crippen LogP contribution in [-0.2, 0) is 16.1 Å². The Morgan fingerprint density at radius 3 is 2.43 bits per heavy atom. The van der Waals surface area contributed by atoms with Gasteiger partial charge in [-0.3, -0.25) is 9.36 Å². The second kappa shape index (κ2) is 14.3. The summed E-state index contributed by atoms with van der Waals surface area (Å²) in [7, 11) is 1.53. The highest BCUT2D eigenvalue weighted by Crippen LogP contribution is 2.38. The molecule has 4 aromatic carbocycles. The highest BCUT2D eigenvalue weighted by atomic mass is 79.9. The summed E-state index contributed by atoms with van der Waals surface area (Å²) in [5.41, 5.74) is 3.37. The van der Waals surface area contributed by atoms with E-state index < -0.39 is 12.0 Å². The lowest BCUT2D eigenvalue weighted by Gasteiger charge is -2.25. The van der Waals surface area contributed by atoms with Gasteiger partial charge in [-0.2, -0.15) is 0 Å². The monoisotopic (exact) mass is 748 g/mol. The molecule has 238 valence electrons. The van der Waals surface area contributed by atoms with Crippen molar-refractivity contribution in [2.75, 3.05) is 13.7 Å². The lowest BCUT2D eigenvalue weighted by Crippen LogP contribution is -2.40. The van der Waals surface area contributed by atoms with Gasteiger partial charge in [0.2, 0.25) is 0 Å². The first-order valence-electron chi connectivity index (χ1n) is 14.6. The van der Waals surface area contributed by atoms with Gasteiger partial charge in [0, 0.05) is 15.1 Å². The minimum Gasteiger partial charge on any atom is -0.493 e. The number of esters is 1. The summed E-state index contributed by atoms with van der Waals surface area (Å²) >= 11 is 17.6. The van der Waals surface area contributed by atoms with Gasteiger partial charge < -0.3 is 14.2 Å². The number of nitrogens with zero attached hydrogens (tertiary/aromatic N) is 2. The number of hydrogen-bond donors (Lipinski definition) is 0. The molecule has 6 rings (SSSR count). The number of benzene rings is 4. The van der Waals surface area contributed by atoms with Crippen molar-refractivity contribution in [3.63, 3.8) is 0 Å². The van der Waals surface area contributed by atoms with Crippen molar-refractivity contribution in [2.45, 2.75) is 19.6 Å². The van der Waals surface area contributed by atoms with Gasteiger partial charge in [-0.05, 0) is 66.1 Å². The quantitative estimate of drug-likeness (QED) is 0.145. The Morgan fingerprint density at radius 2 is 1.74 bits per heavy atom. The second-order valence-electron chi connectivity index (χ2n) is 10.4. The number of halogens is 3. The Kier molecular flexibility index (Phi) is 9.98. The van der Waals surface area contributed by atoms with Crippen molar-refractivity contribution in [1.29, 1.82) is 0 Å². The van der Waals surface area contributed by atoms with E-state index in [1.807, 2.05) is 54.6 Å². The molecule has 1 aliphatic rings. The molecule has 7 nitrogen and oxygen atoms in total. The summed E-state index contributed by atoms with van der Waals surface area (Å²) in [4.78, 5) is 33.2. The third-order valence-corrected chi connectivity index (χ3v) is 9.45. The van der Waals surface area contributed by atoms with Crippen LogP contribution in [0.15, 0.2) is 111 Å². The summed E-state index contributed by atoms with van der Waals surface area (Å²) in [5, 5.41) is 0.858. The fourth-order valence-electron chi connectivity index (χ4n) is 5.25. The van der Waals surface area contributed by atoms with Crippen molar-refractivity contribution in [2.24, 2.45) is 4.99 Å². The Hall–Kier alpha value is -4.15. The van der Waals surface area contributed by atoms with Crippen LogP contribution in [0, 0.1) is 0 Å². The maximum absolute atomic E-state index is 14.2. The Morgan fingerprint density at radius 1 is 1.02 bits per heavy atom. The average molecular weight is 750 g/mol. The highest BCUT2D eigenvalue weighted by Gasteiger charge is 2.35. The first-order valence-corrected chi connectivity index (χ1v) is 16.9. The summed E-state index contributed by atoms with van der Waals surface area (Å²) < 4.78 is 20.1. The van der Waals surface area contributed by atoms with Gasteiger partial charge in [0.15, 0.2) is 16.3 Å². The van der Waals surface area contributed by atoms with Crippen molar-refractivity contribution < 1.29 is 19.0 Å². The molecule has 0 saturated heterocycles. The standard InChI is InChI=1S/C36H27BrCl2N2O5S/c1-3-45-35(43)30-31(23-7-5-4-6-8-23)40-36-41(32(30)24-11-15-26(38)16-12-24)34(42)29(47-36)19-22-17-27(39)33(28(18-22)44-2)46-20-21-9-13-25(37)14-10-21/h4-19,32H,3,20H2,1-2H3/b29-19-/t32-/m0/s1. The van der Waals surface area contributed by atoms with Gasteiger partial charge in [0.05, 0.1) is 40.6 Å². The molecule has 1 aromatic heterocycles. The van der Waals surface area contributed by atoms with Crippen molar-refractivity contribution in [3.8, 4) is 11.5 Å². The molecule has 47 heavy (non-hydrogen) atoms. The third kappa shape index (κ3) is 6.94. The normalized spacial score (nSPS) is 14.4. The number of ether oxygens (including phenoxy) is 3. The number of thiazole rings is 1. The summed E-state index contributed by atoms with van der Waals surface area (Å²) in [6, 6.07) is 26.9. The van der Waals surface area contributed by atoms with Crippen LogP contribution in [0.5, 0.6) is 11.5 Å². The molecular weight excluding hydrogens is 723 g/mol. The van der Waals surface area contributed by atoms with E-state index in [2.05, 4.69) is 15.9 Å². The molecular formula is C36H27BrCl2N2O5S. The van der Waals surface area contributed by atoms with Crippen molar-refractivity contribution in [1.82, 2.24) is 4.57 Å². The molecule has 0 aliphatic carbocycles. The number of methoxy groups -OCH3 is 1. The Balaban J connectivity index is 1.48. The van der Waals surface area contributed by atoms with E-state index in [9.17, 15) is 9.59 Å². The first kappa shape index (κ1) is 32.8. The second-order valence-corrected chi connectivity index (χ2v) is 13.2. The lowest BCUT2D eigenvalue weighted by atomic mass is 9.93. The molecule has 0 unspecified atom stereocenters. The molecule has 0 saturated carbocycles. The van der Waals surface area contributed by atoms with Crippen LogP contribution in [-0.4, -0.2) is 24.3 Å². The third-order valence-electron chi connectivity index (χ3n) is 7.41. The summed E-state index contributed by atoms with van der Waals surface area (Å²) in [5.74, 6) is 0.258. The summed E-state index contributed by atoms with van der Waals surface area (Å²) in [6.45, 7) is 2.19. The van der Waals surface area contributed by atoms with Gasteiger partial charge in [-0.1, -0.05) is 105 Å². The van der Waals surface area contributed by atoms with Gasteiger partial charge in [0.1, 0.15) is 6.61 Å². The predicted octanol–water partition coefficient (Wildman–Crippen LogP) is 7.59. The van der Waals surface area contributed by atoms with Gasteiger partial charge in [-0.15, -0.1) is 0 Å². The van der Waals surface area contributed by atoms with E-state index in [1.54, 1.807) is 49.4 Å². The number of carbonyl (C=O) groups excluding carboxylic acids is 1. The van der Waals surface area contributed by atoms with Crippen molar-refractivity contribution >= 4 is 68.2 Å². The molecule has 1 atom stereocenters. The van der Waals surface area contributed by atoms with Gasteiger partial charge in [-0.25, -0.2) is 9.79 Å². The van der Waals surface area contributed by atoms with E-state index in [4.69, 9.17) is 42.4 Å². The van der Waals surface area contributed by atoms with E-state index in [0.29, 0.717) is 54.3 Å². The molecule has 0 radical (unpaired) electrons. The van der Waals surface area contributed by atoms with Crippen LogP contribution < -0.4 is 24.4 Å². The van der Waals surface area contributed by atoms with Gasteiger partial charge >= 0.3 is 5.97 Å². The lowest BCUT2D eigenvalue weighted by molar-refractivity contribution is -0.138. The summed E-state index contributed by atoms with van der Waals surface area (Å²) in [6.07, 6.45) is 1.73. The van der Waals surface area contributed by atoms with E-state index in [1.165, 1.54) is 23.0 Å². The van der Waals surface area contributed by atoms with Crippen LogP contribution in [0.2, 0.25) is 10.0 Å². The fraction of sp³-hybridized carbons (Fsp3) is 0.139. The van der Waals surface area contributed by atoms with Crippen LogP contribution in [0.25, 0.3) is 11.8 Å². The highest BCUT2D eigenvalue weighted by molar-refractivity contribution is 9.10. The van der Waals surface area contributed by atoms with E-state index >= 15 is 0 Å². The van der Waals surface area contributed by atoms with Crippen LogP contribution in [0.3, 0.4) is 0 Å². The van der Waals surface area contributed by atoms with Crippen LogP contribution >= 0.6 is 50.5 Å². The largest absolute Gasteiger partial charge is 0.493 e. The number of hydrogen-bond acceptors (Lipinski definition) is 7. The smallest absolute Gasteiger partial charge is 0.338 e. The molecule has 1 aliphatic heterocycles. The zero-order valence-corrected chi connectivity index (χ0v) is 29.1. The van der Waals surface area contributed by atoms with Crippen LogP contribution in [0.4, 0.5) is 0 Å².